The van der Waals surface area contributed by atoms with Crippen molar-refractivity contribution in [3.8, 4) is 0 Å². The molecule has 114 valence electrons. The molecule has 0 spiro atoms. The van der Waals surface area contributed by atoms with Crippen LogP contribution >= 0.6 is 0 Å². The molecule has 0 bridgehead atoms. The number of hydrogen-bond acceptors (Lipinski definition) is 3. The summed E-state index contributed by atoms with van der Waals surface area (Å²) >= 11 is 0. The molecule has 21 heavy (non-hydrogen) atoms. The van der Waals surface area contributed by atoms with Gasteiger partial charge < -0.3 is 20.5 Å². The zero-order chi connectivity index (χ0) is 15.5. The molecule has 6 nitrogen and oxygen atoms in total. The quantitative estimate of drug-likeness (QED) is 0.777. The van der Waals surface area contributed by atoms with E-state index in [0.717, 1.165) is 19.3 Å². The number of methoxy groups -OCH3 is 1. The molecule has 2 amide bonds. The highest BCUT2D eigenvalue weighted by molar-refractivity contribution is 5.95. The fraction of sp³-hybridized carbons (Fsp3) is 0.467. The minimum Gasteiger partial charge on any atom is -0.478 e. The van der Waals surface area contributed by atoms with Crippen LogP contribution in [0.1, 0.15) is 35.2 Å². The number of carbonyl (C=O) groups is 2. The molecule has 0 aliphatic heterocycles. The SMILES string of the molecule is COC1(CNC(=O)Nc2cccc(C(=O)O)c2C)CCC1. The van der Waals surface area contributed by atoms with Gasteiger partial charge in [0.25, 0.3) is 0 Å². The van der Waals surface area contributed by atoms with Crippen LogP contribution in [0.3, 0.4) is 0 Å². The molecule has 1 fully saturated rings. The first kappa shape index (κ1) is 15.3. The summed E-state index contributed by atoms with van der Waals surface area (Å²) in [4.78, 5) is 23.0. The minimum absolute atomic E-state index is 0.181. The molecule has 1 aliphatic rings. The van der Waals surface area contributed by atoms with Crippen molar-refractivity contribution < 1.29 is 19.4 Å². The van der Waals surface area contributed by atoms with Crippen molar-refractivity contribution in [1.82, 2.24) is 5.32 Å². The van der Waals surface area contributed by atoms with Crippen molar-refractivity contribution in [2.45, 2.75) is 31.8 Å². The number of nitrogens with one attached hydrogen (secondary N) is 2. The molecule has 0 aromatic heterocycles. The first-order valence-electron chi connectivity index (χ1n) is 6.90. The van der Waals surface area contributed by atoms with Gasteiger partial charge in [0.05, 0.1) is 11.2 Å². The van der Waals surface area contributed by atoms with Gasteiger partial charge in [-0.3, -0.25) is 0 Å². The van der Waals surface area contributed by atoms with E-state index in [4.69, 9.17) is 9.84 Å². The maximum absolute atomic E-state index is 11.9. The summed E-state index contributed by atoms with van der Waals surface area (Å²) in [5.74, 6) is -1.01. The summed E-state index contributed by atoms with van der Waals surface area (Å²) in [6, 6.07) is 4.43. The van der Waals surface area contributed by atoms with Crippen LogP contribution in [0.25, 0.3) is 0 Å². The number of carboxylic acid groups (broad SMARTS) is 1. The predicted octanol–water partition coefficient (Wildman–Crippen LogP) is 2.38. The van der Waals surface area contributed by atoms with Crippen molar-refractivity contribution in [3.63, 3.8) is 0 Å². The van der Waals surface area contributed by atoms with Gasteiger partial charge in [0.1, 0.15) is 0 Å². The maximum atomic E-state index is 11.9. The van der Waals surface area contributed by atoms with Gasteiger partial charge in [-0.25, -0.2) is 9.59 Å². The first-order chi connectivity index (χ1) is 9.97. The summed E-state index contributed by atoms with van der Waals surface area (Å²) in [5, 5.41) is 14.5. The molecule has 0 radical (unpaired) electrons. The lowest BCUT2D eigenvalue weighted by Crippen LogP contribution is -2.50. The van der Waals surface area contributed by atoms with E-state index in [-0.39, 0.29) is 17.2 Å². The molecule has 1 saturated carbocycles. The third kappa shape index (κ3) is 3.33. The average Bonchev–Trinajstić information content (AvgIpc) is 2.40. The van der Waals surface area contributed by atoms with E-state index in [1.807, 2.05) is 0 Å². The van der Waals surface area contributed by atoms with E-state index in [9.17, 15) is 9.59 Å². The Hall–Kier alpha value is -2.08. The number of urea groups is 1. The van der Waals surface area contributed by atoms with Crippen LogP contribution in [0.2, 0.25) is 0 Å². The Morgan fingerprint density at radius 2 is 2.10 bits per heavy atom. The summed E-state index contributed by atoms with van der Waals surface area (Å²) in [6.07, 6.45) is 2.99. The van der Waals surface area contributed by atoms with Crippen molar-refractivity contribution in [1.29, 1.82) is 0 Å². The highest BCUT2D eigenvalue weighted by Gasteiger charge is 2.37. The number of benzene rings is 1. The number of ether oxygens (including phenoxy) is 1. The molecular weight excluding hydrogens is 272 g/mol. The van der Waals surface area contributed by atoms with E-state index in [2.05, 4.69) is 10.6 Å². The number of amides is 2. The minimum atomic E-state index is -1.01. The lowest BCUT2D eigenvalue weighted by atomic mass is 9.80. The zero-order valence-corrected chi connectivity index (χ0v) is 12.2. The van der Waals surface area contributed by atoms with Crippen LogP contribution in [-0.4, -0.2) is 36.4 Å². The van der Waals surface area contributed by atoms with Crippen LogP contribution < -0.4 is 10.6 Å². The zero-order valence-electron chi connectivity index (χ0n) is 12.2. The standard InChI is InChI=1S/C15H20N2O4/c1-10-11(13(18)19)5-3-6-12(10)17-14(20)16-9-15(21-2)7-4-8-15/h3,5-6H,4,7-9H2,1-2H3,(H,18,19)(H2,16,17,20). The second kappa shape index (κ2) is 6.13. The Bertz CT molecular complexity index is 547. The molecule has 0 heterocycles. The lowest BCUT2D eigenvalue weighted by molar-refractivity contribution is -0.0671. The molecule has 3 N–H and O–H groups in total. The van der Waals surface area contributed by atoms with Crippen molar-refractivity contribution in [3.05, 3.63) is 29.3 Å². The van der Waals surface area contributed by atoms with Crippen LogP contribution in [0.15, 0.2) is 18.2 Å². The Balaban J connectivity index is 1.97. The number of anilines is 1. The predicted molar refractivity (Wildman–Crippen MR) is 78.8 cm³/mol. The first-order valence-corrected chi connectivity index (χ1v) is 6.90. The third-order valence-corrected chi connectivity index (χ3v) is 4.08. The fourth-order valence-corrected chi connectivity index (χ4v) is 2.43. The van der Waals surface area contributed by atoms with Crippen molar-refractivity contribution in [2.75, 3.05) is 19.0 Å². The second-order valence-corrected chi connectivity index (χ2v) is 5.33. The van der Waals surface area contributed by atoms with Gasteiger partial charge in [0, 0.05) is 19.3 Å². The van der Waals surface area contributed by atoms with Crippen LogP contribution in [0.4, 0.5) is 10.5 Å². The number of carboxylic acids is 1. The number of aromatic carboxylic acids is 1. The molecule has 1 aliphatic carbocycles. The third-order valence-electron chi connectivity index (χ3n) is 4.08. The number of rotatable bonds is 5. The van der Waals surface area contributed by atoms with E-state index >= 15 is 0 Å². The van der Waals surface area contributed by atoms with Gasteiger partial charge in [-0.1, -0.05) is 6.07 Å². The summed E-state index contributed by atoms with van der Waals surface area (Å²) in [7, 11) is 1.65. The van der Waals surface area contributed by atoms with Crippen molar-refractivity contribution in [2.24, 2.45) is 0 Å². The Morgan fingerprint density at radius 3 is 2.62 bits per heavy atom. The summed E-state index contributed by atoms with van der Waals surface area (Å²) in [6.45, 7) is 2.12. The van der Waals surface area contributed by atoms with Gasteiger partial charge in [-0.15, -0.1) is 0 Å². The largest absolute Gasteiger partial charge is 0.478 e. The average molecular weight is 292 g/mol. The monoisotopic (exact) mass is 292 g/mol. The molecule has 2 rings (SSSR count). The fourth-order valence-electron chi connectivity index (χ4n) is 2.43. The maximum Gasteiger partial charge on any atom is 0.336 e. The van der Waals surface area contributed by atoms with Gasteiger partial charge >= 0.3 is 12.0 Å². The topological polar surface area (TPSA) is 87.7 Å². The lowest BCUT2D eigenvalue weighted by Gasteiger charge is -2.40. The van der Waals surface area contributed by atoms with Crippen LogP contribution in [0.5, 0.6) is 0 Å². The molecule has 1 aromatic carbocycles. The van der Waals surface area contributed by atoms with E-state index in [1.54, 1.807) is 26.2 Å². The Labute approximate surface area is 123 Å². The molecule has 0 atom stereocenters. The van der Waals surface area contributed by atoms with Crippen LogP contribution in [0, 0.1) is 6.92 Å². The number of hydrogen-bond donors (Lipinski definition) is 3. The van der Waals surface area contributed by atoms with Gasteiger partial charge in [0.2, 0.25) is 0 Å². The highest BCUT2D eigenvalue weighted by atomic mass is 16.5. The summed E-state index contributed by atoms with van der Waals surface area (Å²) in [5.41, 5.74) is 0.966. The van der Waals surface area contributed by atoms with Crippen LogP contribution in [-0.2, 0) is 4.74 Å². The normalized spacial score (nSPS) is 15.9. The molecule has 0 saturated heterocycles. The van der Waals surface area contributed by atoms with E-state index in [1.165, 1.54) is 6.07 Å². The molecule has 6 heteroatoms. The van der Waals surface area contributed by atoms with E-state index < -0.39 is 5.97 Å². The number of carbonyl (C=O) groups excluding carboxylic acids is 1. The summed E-state index contributed by atoms with van der Waals surface area (Å²) < 4.78 is 5.43. The second-order valence-electron chi connectivity index (χ2n) is 5.33. The van der Waals surface area contributed by atoms with Gasteiger partial charge in [-0.05, 0) is 43.9 Å². The molecular formula is C15H20N2O4. The highest BCUT2D eigenvalue weighted by Crippen LogP contribution is 2.34. The van der Waals surface area contributed by atoms with Gasteiger partial charge in [-0.2, -0.15) is 0 Å². The van der Waals surface area contributed by atoms with Gasteiger partial charge in [0.15, 0.2) is 0 Å². The smallest absolute Gasteiger partial charge is 0.336 e. The Kier molecular flexibility index (Phi) is 4.47. The molecule has 1 aromatic rings. The van der Waals surface area contributed by atoms with Crippen molar-refractivity contribution >= 4 is 17.7 Å². The van der Waals surface area contributed by atoms with E-state index in [0.29, 0.717) is 17.8 Å². The Morgan fingerprint density at radius 1 is 1.38 bits per heavy atom. The molecule has 0 unspecified atom stereocenters.